The summed E-state index contributed by atoms with van der Waals surface area (Å²) in [5.74, 6) is 1.27. The number of nitrogens with one attached hydrogen (secondary N) is 2. The van der Waals surface area contributed by atoms with E-state index in [9.17, 15) is 4.79 Å². The van der Waals surface area contributed by atoms with Crippen molar-refractivity contribution in [3.8, 4) is 0 Å². The molecule has 2 rings (SSSR count). The van der Waals surface area contributed by atoms with Crippen molar-refractivity contribution in [2.24, 2.45) is 11.8 Å². The summed E-state index contributed by atoms with van der Waals surface area (Å²) in [6.45, 7) is 4.63. The second-order valence-corrected chi connectivity index (χ2v) is 5.53. The van der Waals surface area contributed by atoms with Crippen LogP contribution in [0.5, 0.6) is 0 Å². The lowest BCUT2D eigenvalue weighted by molar-refractivity contribution is 0.0958. The molecule has 1 heterocycles. The van der Waals surface area contributed by atoms with Gasteiger partial charge in [-0.25, -0.2) is 0 Å². The fourth-order valence-corrected chi connectivity index (χ4v) is 2.77. The first-order chi connectivity index (χ1) is 9.11. The predicted molar refractivity (Wildman–Crippen MR) is 77.2 cm³/mol. The summed E-state index contributed by atoms with van der Waals surface area (Å²) in [5, 5.41) is 6.16. The minimum atomic E-state index is -0.145. The number of carbonyl (C=O) groups excluding carboxylic acids is 1. The average molecular weight is 261 g/mol. The predicted octanol–water partition coefficient (Wildman–Crippen LogP) is 2.68. The van der Waals surface area contributed by atoms with Crippen LogP contribution in [-0.2, 0) is 0 Å². The molecule has 0 aromatic carbocycles. The lowest BCUT2D eigenvalue weighted by Crippen LogP contribution is -2.35. The number of carbonyl (C=O) groups is 1. The minimum Gasteiger partial charge on any atom is -0.382 e. The van der Waals surface area contributed by atoms with Gasteiger partial charge in [0.15, 0.2) is 0 Å². The van der Waals surface area contributed by atoms with E-state index in [2.05, 4.69) is 29.5 Å². The Kier molecular flexibility index (Phi) is 4.40. The maximum Gasteiger partial charge on any atom is 0.269 e. The van der Waals surface area contributed by atoms with Gasteiger partial charge in [0.2, 0.25) is 0 Å². The van der Waals surface area contributed by atoms with Crippen molar-refractivity contribution in [3.63, 3.8) is 0 Å². The summed E-state index contributed by atoms with van der Waals surface area (Å²) in [7, 11) is 1.62. The summed E-state index contributed by atoms with van der Waals surface area (Å²) in [4.78, 5) is 15.7. The summed E-state index contributed by atoms with van der Waals surface area (Å²) < 4.78 is 0. The Morgan fingerprint density at radius 3 is 2.89 bits per heavy atom. The van der Waals surface area contributed by atoms with Gasteiger partial charge in [-0.15, -0.1) is 0 Å². The van der Waals surface area contributed by atoms with Gasteiger partial charge in [-0.1, -0.05) is 26.7 Å². The first-order valence-corrected chi connectivity index (χ1v) is 7.06. The van der Waals surface area contributed by atoms with E-state index in [1.54, 1.807) is 13.2 Å². The van der Waals surface area contributed by atoms with Crippen molar-refractivity contribution < 1.29 is 4.79 Å². The molecule has 0 radical (unpaired) electrons. The Morgan fingerprint density at radius 1 is 1.37 bits per heavy atom. The number of nitrogens with zero attached hydrogens (tertiary/aromatic N) is 1. The topological polar surface area (TPSA) is 54.0 Å². The lowest BCUT2D eigenvalue weighted by Gasteiger charge is -2.35. The van der Waals surface area contributed by atoms with E-state index in [0.717, 1.165) is 11.6 Å². The number of anilines is 1. The number of hydrogen-bond donors (Lipinski definition) is 2. The minimum absolute atomic E-state index is 0.145. The summed E-state index contributed by atoms with van der Waals surface area (Å²) >= 11 is 0. The van der Waals surface area contributed by atoms with E-state index >= 15 is 0 Å². The van der Waals surface area contributed by atoms with Crippen LogP contribution in [0.15, 0.2) is 18.3 Å². The molecule has 1 amide bonds. The van der Waals surface area contributed by atoms with Gasteiger partial charge in [-0.3, -0.25) is 9.78 Å². The van der Waals surface area contributed by atoms with Gasteiger partial charge >= 0.3 is 0 Å². The largest absolute Gasteiger partial charge is 0.382 e. The van der Waals surface area contributed by atoms with E-state index in [1.807, 2.05) is 12.1 Å². The third-order valence-corrected chi connectivity index (χ3v) is 4.28. The monoisotopic (exact) mass is 261 g/mol. The number of pyridine rings is 1. The molecule has 3 atom stereocenters. The molecule has 4 nitrogen and oxygen atoms in total. The van der Waals surface area contributed by atoms with Gasteiger partial charge in [0, 0.05) is 25.0 Å². The highest BCUT2D eigenvalue weighted by Gasteiger charge is 2.26. The maximum absolute atomic E-state index is 11.6. The molecule has 1 aromatic rings. The molecular weight excluding hydrogens is 238 g/mol. The molecule has 1 fully saturated rings. The Morgan fingerprint density at radius 2 is 2.16 bits per heavy atom. The van der Waals surface area contributed by atoms with Crippen molar-refractivity contribution in [2.45, 2.75) is 39.2 Å². The van der Waals surface area contributed by atoms with E-state index in [1.165, 1.54) is 19.3 Å². The van der Waals surface area contributed by atoms with Crippen molar-refractivity contribution >= 4 is 11.6 Å². The zero-order valence-corrected chi connectivity index (χ0v) is 11.9. The zero-order valence-electron chi connectivity index (χ0n) is 11.9. The van der Waals surface area contributed by atoms with Crippen LogP contribution in [0.25, 0.3) is 0 Å². The molecule has 1 saturated carbocycles. The van der Waals surface area contributed by atoms with Crippen molar-refractivity contribution in [2.75, 3.05) is 12.4 Å². The maximum atomic E-state index is 11.6. The Bertz CT molecular complexity index is 447. The number of aromatic nitrogens is 1. The molecule has 104 valence electrons. The third kappa shape index (κ3) is 3.25. The normalized spacial score (nSPS) is 26.8. The zero-order chi connectivity index (χ0) is 13.8. The summed E-state index contributed by atoms with van der Waals surface area (Å²) in [6.07, 6.45) is 5.47. The summed E-state index contributed by atoms with van der Waals surface area (Å²) in [5.41, 5.74) is 1.45. The molecule has 4 heteroatoms. The Hall–Kier alpha value is -1.58. The second-order valence-electron chi connectivity index (χ2n) is 5.53. The molecule has 0 aliphatic heterocycles. The first-order valence-electron chi connectivity index (χ1n) is 7.06. The van der Waals surface area contributed by atoms with Gasteiger partial charge in [-0.2, -0.15) is 0 Å². The molecule has 1 aliphatic rings. The quantitative estimate of drug-likeness (QED) is 0.879. The van der Waals surface area contributed by atoms with Gasteiger partial charge in [0.25, 0.3) is 5.91 Å². The molecule has 0 bridgehead atoms. The van der Waals surface area contributed by atoms with Gasteiger partial charge in [0.1, 0.15) is 5.69 Å². The lowest BCUT2D eigenvalue weighted by atomic mass is 9.78. The Balaban J connectivity index is 2.08. The molecule has 0 spiro atoms. The van der Waals surface area contributed by atoms with Crippen molar-refractivity contribution in [1.29, 1.82) is 0 Å². The van der Waals surface area contributed by atoms with Crippen LogP contribution in [0.2, 0.25) is 0 Å². The van der Waals surface area contributed by atoms with E-state index in [4.69, 9.17) is 0 Å². The number of hydrogen-bond acceptors (Lipinski definition) is 3. The van der Waals surface area contributed by atoms with Crippen LogP contribution in [0, 0.1) is 11.8 Å². The van der Waals surface area contributed by atoms with Gasteiger partial charge < -0.3 is 10.6 Å². The molecule has 1 aliphatic carbocycles. The molecule has 19 heavy (non-hydrogen) atoms. The standard InChI is InChI=1S/C15H23N3O/c1-10-5-4-6-13(11(10)2)18-12-7-8-17-14(9-12)15(19)16-3/h7-11,13H,4-6H2,1-3H3,(H,16,19)(H,17,18). The molecule has 0 saturated heterocycles. The highest BCUT2D eigenvalue weighted by atomic mass is 16.1. The molecule has 3 unspecified atom stereocenters. The van der Waals surface area contributed by atoms with Crippen LogP contribution in [0.3, 0.4) is 0 Å². The summed E-state index contributed by atoms with van der Waals surface area (Å²) in [6, 6.07) is 4.24. The van der Waals surface area contributed by atoms with E-state index in [-0.39, 0.29) is 5.91 Å². The van der Waals surface area contributed by atoms with Crippen LogP contribution >= 0.6 is 0 Å². The highest BCUT2D eigenvalue weighted by Crippen LogP contribution is 2.31. The fourth-order valence-electron chi connectivity index (χ4n) is 2.77. The van der Waals surface area contributed by atoms with Crippen LogP contribution < -0.4 is 10.6 Å². The molecule has 1 aromatic heterocycles. The second kappa shape index (κ2) is 6.04. The fraction of sp³-hybridized carbons (Fsp3) is 0.600. The molecule has 2 N–H and O–H groups in total. The van der Waals surface area contributed by atoms with E-state index < -0.39 is 0 Å². The first kappa shape index (κ1) is 13.8. The third-order valence-electron chi connectivity index (χ3n) is 4.28. The van der Waals surface area contributed by atoms with Crippen LogP contribution in [0.4, 0.5) is 5.69 Å². The smallest absolute Gasteiger partial charge is 0.269 e. The number of rotatable bonds is 3. The van der Waals surface area contributed by atoms with Crippen molar-refractivity contribution in [1.82, 2.24) is 10.3 Å². The van der Waals surface area contributed by atoms with Gasteiger partial charge in [0.05, 0.1) is 0 Å². The van der Waals surface area contributed by atoms with Crippen molar-refractivity contribution in [3.05, 3.63) is 24.0 Å². The average Bonchev–Trinajstić information content (AvgIpc) is 2.43. The molecular formula is C15H23N3O. The van der Waals surface area contributed by atoms with Gasteiger partial charge in [-0.05, 0) is 30.4 Å². The van der Waals surface area contributed by atoms with Crippen LogP contribution in [-0.4, -0.2) is 24.0 Å². The Labute approximate surface area is 115 Å². The SMILES string of the molecule is CNC(=O)c1cc(NC2CCCC(C)C2C)ccn1. The highest BCUT2D eigenvalue weighted by molar-refractivity contribution is 5.92. The number of amides is 1. The van der Waals surface area contributed by atoms with E-state index in [0.29, 0.717) is 17.7 Å². The van der Waals surface area contributed by atoms with Crippen LogP contribution in [0.1, 0.15) is 43.6 Å².